The quantitative estimate of drug-likeness (QED) is 0.393. The molecule has 0 bridgehead atoms. The Labute approximate surface area is 201 Å². The van der Waals surface area contributed by atoms with Gasteiger partial charge in [-0.05, 0) is 31.5 Å². The molecule has 1 unspecified atom stereocenters. The molecule has 0 aliphatic heterocycles. The number of nitrogens with one attached hydrogen (secondary N) is 2. The van der Waals surface area contributed by atoms with Gasteiger partial charge < -0.3 is 20.2 Å². The summed E-state index contributed by atoms with van der Waals surface area (Å²) in [6.45, 7) is 1.35. The van der Waals surface area contributed by atoms with Gasteiger partial charge >= 0.3 is 6.18 Å². The van der Waals surface area contributed by atoms with Crippen molar-refractivity contribution in [1.29, 1.82) is 0 Å². The van der Waals surface area contributed by atoms with Crippen molar-refractivity contribution in [3.05, 3.63) is 57.8 Å². The molecule has 0 saturated carbocycles. The smallest absolute Gasteiger partial charge is 0.389 e. The molecule has 0 fully saturated rings. The van der Waals surface area contributed by atoms with Crippen molar-refractivity contribution in [2.24, 2.45) is 0 Å². The van der Waals surface area contributed by atoms with E-state index in [1.165, 1.54) is 19.3 Å². The minimum Gasteiger partial charge on any atom is -0.431 e. The summed E-state index contributed by atoms with van der Waals surface area (Å²) in [7, 11) is 0. The fraction of sp³-hybridized carbons (Fsp3) is 0.333. The first-order valence-electron chi connectivity index (χ1n) is 10.0. The Morgan fingerprint density at radius 1 is 1.26 bits per heavy atom. The number of oxazole rings is 1. The number of aliphatic hydroxyl groups excluding tert-OH is 1. The number of nitrogens with zero attached hydrogens (tertiary/aromatic N) is 2. The molecule has 3 N–H and O–H groups in total. The summed E-state index contributed by atoms with van der Waals surface area (Å²) in [5.41, 5.74) is 0.543. The minimum atomic E-state index is -4.47. The predicted molar refractivity (Wildman–Crippen MR) is 118 cm³/mol. The molecule has 2 heterocycles. The minimum absolute atomic E-state index is 0.142. The monoisotopic (exact) mass is 516 g/mol. The summed E-state index contributed by atoms with van der Waals surface area (Å²) in [5, 5.41) is 17.4. The van der Waals surface area contributed by atoms with Crippen LogP contribution < -0.4 is 10.6 Å². The number of halogens is 4. The number of aliphatic hydroxyl groups is 1. The maximum absolute atomic E-state index is 12.7. The molecule has 3 atom stereocenters. The standard InChI is InChI=1S/C21H20ClF3N4O4S/c1-11(28-18(32)15-10-27-19(33-15)12-3-2-4-13(22)9-12)17(31)29-14(5-6-21(23,24)25)16(30)20-26-7-8-34-20/h2-4,7-11,14,16,30H,5-6H2,1H3,(H,28,32)(H,29,31)/t11-,14-,16?/m0/s1. The van der Waals surface area contributed by atoms with Crippen molar-refractivity contribution in [1.82, 2.24) is 20.6 Å². The Balaban J connectivity index is 1.64. The van der Waals surface area contributed by atoms with E-state index in [-0.39, 0.29) is 16.7 Å². The number of carbonyl (C=O) groups is 2. The Bertz CT molecular complexity index is 1120. The van der Waals surface area contributed by atoms with Crippen molar-refractivity contribution >= 4 is 34.8 Å². The Morgan fingerprint density at radius 2 is 2.03 bits per heavy atom. The normalized spacial score (nSPS) is 14.3. The number of benzene rings is 1. The topological polar surface area (TPSA) is 117 Å². The zero-order valence-electron chi connectivity index (χ0n) is 17.7. The van der Waals surface area contributed by atoms with Crippen LogP contribution in [-0.4, -0.2) is 45.1 Å². The molecular formula is C21H20ClF3N4O4S. The average Bonchev–Trinajstić information content (AvgIpc) is 3.48. The van der Waals surface area contributed by atoms with E-state index in [0.29, 0.717) is 10.6 Å². The summed E-state index contributed by atoms with van der Waals surface area (Å²) in [4.78, 5) is 33.0. The van der Waals surface area contributed by atoms with E-state index in [4.69, 9.17) is 16.0 Å². The summed E-state index contributed by atoms with van der Waals surface area (Å²) >= 11 is 6.98. The highest BCUT2D eigenvalue weighted by Gasteiger charge is 2.33. The highest BCUT2D eigenvalue weighted by molar-refractivity contribution is 7.09. The fourth-order valence-electron chi connectivity index (χ4n) is 2.96. The molecule has 0 radical (unpaired) electrons. The maximum atomic E-state index is 12.7. The van der Waals surface area contributed by atoms with E-state index in [0.717, 1.165) is 11.3 Å². The number of hydrogen-bond acceptors (Lipinski definition) is 7. The van der Waals surface area contributed by atoms with Gasteiger partial charge in [-0.25, -0.2) is 9.97 Å². The van der Waals surface area contributed by atoms with Gasteiger partial charge in [0, 0.05) is 28.6 Å². The van der Waals surface area contributed by atoms with E-state index in [9.17, 15) is 27.9 Å². The lowest BCUT2D eigenvalue weighted by atomic mass is 10.0. The lowest BCUT2D eigenvalue weighted by Gasteiger charge is -2.25. The van der Waals surface area contributed by atoms with Crippen LogP contribution in [0.4, 0.5) is 13.2 Å². The van der Waals surface area contributed by atoms with Crippen LogP contribution in [0.15, 0.2) is 46.5 Å². The van der Waals surface area contributed by atoms with E-state index >= 15 is 0 Å². The first-order valence-corrected chi connectivity index (χ1v) is 11.3. The molecule has 2 aromatic heterocycles. The third-order valence-corrected chi connectivity index (χ3v) is 5.78. The number of rotatable bonds is 9. The summed E-state index contributed by atoms with van der Waals surface area (Å²) in [5.74, 6) is -1.57. The predicted octanol–water partition coefficient (Wildman–Crippen LogP) is 4.13. The number of thiazole rings is 1. The van der Waals surface area contributed by atoms with Crippen LogP contribution >= 0.6 is 22.9 Å². The summed E-state index contributed by atoms with van der Waals surface area (Å²) in [6.07, 6.45) is -5.13. The number of carbonyl (C=O) groups excluding carboxylic acids is 2. The second-order valence-corrected chi connectivity index (χ2v) is 8.68. The first-order chi connectivity index (χ1) is 16.0. The Kier molecular flexibility index (Phi) is 8.28. The van der Waals surface area contributed by atoms with Crippen molar-refractivity contribution in [2.75, 3.05) is 0 Å². The second-order valence-electron chi connectivity index (χ2n) is 7.32. The zero-order chi connectivity index (χ0) is 24.9. The molecule has 2 amide bonds. The van der Waals surface area contributed by atoms with Crippen LogP contribution in [0, 0.1) is 0 Å². The SMILES string of the molecule is C[C@H](NC(=O)c1cnc(-c2cccc(Cl)c2)o1)C(=O)N[C@@H](CCC(F)(F)F)C(O)c1nccs1. The molecule has 0 saturated heterocycles. The van der Waals surface area contributed by atoms with E-state index in [2.05, 4.69) is 20.6 Å². The first kappa shape index (κ1) is 25.7. The van der Waals surface area contributed by atoms with Gasteiger partial charge in [0.1, 0.15) is 17.2 Å². The highest BCUT2D eigenvalue weighted by atomic mass is 35.5. The molecule has 8 nitrogen and oxygen atoms in total. The highest BCUT2D eigenvalue weighted by Crippen LogP contribution is 2.28. The molecule has 0 aliphatic rings. The van der Waals surface area contributed by atoms with E-state index < -0.39 is 49.0 Å². The molecule has 182 valence electrons. The molecule has 0 spiro atoms. The van der Waals surface area contributed by atoms with Gasteiger partial charge in [0.05, 0.1) is 12.2 Å². The number of amides is 2. The zero-order valence-corrected chi connectivity index (χ0v) is 19.2. The Morgan fingerprint density at radius 3 is 2.68 bits per heavy atom. The van der Waals surface area contributed by atoms with Gasteiger partial charge in [0.15, 0.2) is 0 Å². The Hall–Kier alpha value is -2.96. The van der Waals surface area contributed by atoms with Gasteiger partial charge in [-0.3, -0.25) is 9.59 Å². The van der Waals surface area contributed by atoms with Crippen LogP contribution in [0.2, 0.25) is 5.02 Å². The van der Waals surface area contributed by atoms with Crippen molar-refractivity contribution in [3.8, 4) is 11.5 Å². The number of alkyl halides is 3. The van der Waals surface area contributed by atoms with Crippen LogP contribution in [0.5, 0.6) is 0 Å². The molecule has 3 rings (SSSR count). The third-order valence-electron chi connectivity index (χ3n) is 4.69. The molecule has 1 aromatic carbocycles. The van der Waals surface area contributed by atoms with Crippen molar-refractivity contribution < 1.29 is 32.3 Å². The molecular weight excluding hydrogens is 497 g/mol. The third kappa shape index (κ3) is 7.02. The van der Waals surface area contributed by atoms with Crippen molar-refractivity contribution in [2.45, 2.75) is 44.1 Å². The van der Waals surface area contributed by atoms with E-state index in [1.54, 1.807) is 29.6 Å². The van der Waals surface area contributed by atoms with Gasteiger partial charge in [0.2, 0.25) is 17.6 Å². The lowest BCUT2D eigenvalue weighted by Crippen LogP contribution is -2.49. The van der Waals surface area contributed by atoms with E-state index in [1.807, 2.05) is 0 Å². The molecule has 13 heteroatoms. The maximum Gasteiger partial charge on any atom is 0.389 e. The average molecular weight is 517 g/mol. The fourth-order valence-corrected chi connectivity index (χ4v) is 3.83. The van der Waals surface area contributed by atoms with Crippen LogP contribution in [0.25, 0.3) is 11.5 Å². The molecule has 34 heavy (non-hydrogen) atoms. The number of hydrogen-bond donors (Lipinski definition) is 3. The van der Waals surface area contributed by atoms with Crippen LogP contribution in [0.1, 0.15) is 41.4 Å². The van der Waals surface area contributed by atoms with Gasteiger partial charge in [-0.2, -0.15) is 13.2 Å². The van der Waals surface area contributed by atoms with Gasteiger partial charge in [0.25, 0.3) is 5.91 Å². The molecule has 3 aromatic rings. The summed E-state index contributed by atoms with van der Waals surface area (Å²) < 4.78 is 43.6. The number of aromatic nitrogens is 2. The molecule has 0 aliphatic carbocycles. The second kappa shape index (κ2) is 11.0. The van der Waals surface area contributed by atoms with Gasteiger partial charge in [-0.15, -0.1) is 11.3 Å². The van der Waals surface area contributed by atoms with Crippen LogP contribution in [0.3, 0.4) is 0 Å². The lowest BCUT2D eigenvalue weighted by molar-refractivity contribution is -0.140. The van der Waals surface area contributed by atoms with Crippen molar-refractivity contribution in [3.63, 3.8) is 0 Å². The van der Waals surface area contributed by atoms with Gasteiger partial charge in [-0.1, -0.05) is 17.7 Å². The summed E-state index contributed by atoms with van der Waals surface area (Å²) in [6, 6.07) is 4.21. The van der Waals surface area contributed by atoms with Crippen LogP contribution in [-0.2, 0) is 4.79 Å². The largest absolute Gasteiger partial charge is 0.431 e.